The molecule has 2 atom stereocenters. The first kappa shape index (κ1) is 24.1. The SMILES string of the molecule is CC[C@@H](c1nnnn1C[C@H]1CCCO1)N(Cc1ccccc1)Cc1cc2ccc(OC)cc2[nH]c1=O. The summed E-state index contributed by atoms with van der Waals surface area (Å²) in [5.41, 5.74) is 2.50. The number of pyridine rings is 1. The van der Waals surface area contributed by atoms with Crippen molar-refractivity contribution >= 4 is 10.9 Å². The summed E-state index contributed by atoms with van der Waals surface area (Å²) in [5, 5.41) is 13.7. The van der Waals surface area contributed by atoms with Crippen LogP contribution in [0.4, 0.5) is 0 Å². The summed E-state index contributed by atoms with van der Waals surface area (Å²) in [4.78, 5) is 18.4. The number of H-pyrrole nitrogens is 1. The molecule has 1 fully saturated rings. The number of rotatable bonds is 10. The lowest BCUT2D eigenvalue weighted by atomic mass is 10.1. The lowest BCUT2D eigenvalue weighted by Gasteiger charge is -2.30. The molecule has 0 bridgehead atoms. The Kier molecular flexibility index (Phi) is 7.39. The van der Waals surface area contributed by atoms with Crippen molar-refractivity contribution in [3.8, 4) is 5.75 Å². The van der Waals surface area contributed by atoms with E-state index in [9.17, 15) is 4.79 Å². The van der Waals surface area contributed by atoms with Gasteiger partial charge in [-0.15, -0.1) is 5.10 Å². The van der Waals surface area contributed by atoms with E-state index in [0.29, 0.717) is 30.9 Å². The van der Waals surface area contributed by atoms with Gasteiger partial charge in [0.25, 0.3) is 5.56 Å². The average Bonchev–Trinajstić information content (AvgIpc) is 3.58. The first-order chi connectivity index (χ1) is 17.6. The normalized spacial score (nSPS) is 16.6. The molecule has 9 nitrogen and oxygen atoms in total. The number of aromatic nitrogens is 5. The molecule has 188 valence electrons. The molecule has 1 aliphatic rings. The maximum absolute atomic E-state index is 13.1. The van der Waals surface area contributed by atoms with Crippen molar-refractivity contribution in [2.75, 3.05) is 13.7 Å². The van der Waals surface area contributed by atoms with Gasteiger partial charge in [-0.05, 0) is 58.8 Å². The van der Waals surface area contributed by atoms with Crippen molar-refractivity contribution in [2.24, 2.45) is 0 Å². The van der Waals surface area contributed by atoms with Crippen LogP contribution in [0, 0.1) is 0 Å². The predicted molar refractivity (Wildman–Crippen MR) is 137 cm³/mol. The van der Waals surface area contributed by atoms with Gasteiger partial charge in [-0.2, -0.15) is 0 Å². The second kappa shape index (κ2) is 11.0. The summed E-state index contributed by atoms with van der Waals surface area (Å²) >= 11 is 0. The number of methoxy groups -OCH3 is 1. The third-order valence-corrected chi connectivity index (χ3v) is 6.82. The number of tetrazole rings is 1. The van der Waals surface area contributed by atoms with E-state index in [4.69, 9.17) is 9.47 Å². The maximum atomic E-state index is 13.1. The van der Waals surface area contributed by atoms with Crippen LogP contribution in [0.3, 0.4) is 0 Å². The van der Waals surface area contributed by atoms with Gasteiger partial charge in [0.15, 0.2) is 5.82 Å². The van der Waals surface area contributed by atoms with Crippen LogP contribution in [0.25, 0.3) is 10.9 Å². The van der Waals surface area contributed by atoms with Crippen LogP contribution in [0.2, 0.25) is 0 Å². The van der Waals surface area contributed by atoms with E-state index in [1.54, 1.807) is 7.11 Å². The fraction of sp³-hybridized carbons (Fsp3) is 0.407. The molecule has 0 amide bonds. The lowest BCUT2D eigenvalue weighted by Crippen LogP contribution is -2.33. The smallest absolute Gasteiger partial charge is 0.252 e. The molecule has 2 aromatic heterocycles. The fourth-order valence-corrected chi connectivity index (χ4v) is 4.95. The molecule has 36 heavy (non-hydrogen) atoms. The van der Waals surface area contributed by atoms with Crippen LogP contribution in [-0.4, -0.2) is 49.9 Å². The average molecular weight is 489 g/mol. The Balaban J connectivity index is 1.48. The molecule has 1 saturated heterocycles. The number of ether oxygens (including phenoxy) is 2. The highest BCUT2D eigenvalue weighted by atomic mass is 16.5. The second-order valence-corrected chi connectivity index (χ2v) is 9.25. The van der Waals surface area contributed by atoms with Crippen molar-refractivity contribution in [2.45, 2.75) is 58.0 Å². The van der Waals surface area contributed by atoms with Crippen molar-refractivity contribution in [3.63, 3.8) is 0 Å². The highest BCUT2D eigenvalue weighted by Gasteiger charge is 2.28. The molecular formula is C27H32N6O3. The van der Waals surface area contributed by atoms with Crippen molar-refractivity contribution in [1.29, 1.82) is 0 Å². The molecule has 0 spiro atoms. The van der Waals surface area contributed by atoms with E-state index >= 15 is 0 Å². The summed E-state index contributed by atoms with van der Waals surface area (Å²) in [6.07, 6.45) is 3.01. The van der Waals surface area contributed by atoms with Crippen LogP contribution in [0.5, 0.6) is 5.75 Å². The zero-order chi connectivity index (χ0) is 24.9. The molecule has 0 aliphatic carbocycles. The Morgan fingerprint density at radius 3 is 2.81 bits per heavy atom. The number of hydrogen-bond acceptors (Lipinski definition) is 7. The van der Waals surface area contributed by atoms with Crippen molar-refractivity contribution < 1.29 is 9.47 Å². The Hall–Kier alpha value is -3.56. The van der Waals surface area contributed by atoms with Gasteiger partial charge in [-0.1, -0.05) is 37.3 Å². The minimum absolute atomic E-state index is 0.0763. The number of nitrogens with zero attached hydrogens (tertiary/aromatic N) is 5. The summed E-state index contributed by atoms with van der Waals surface area (Å²) in [6, 6.07) is 17.9. The third kappa shape index (κ3) is 5.32. The van der Waals surface area contributed by atoms with Crippen LogP contribution in [0.15, 0.2) is 59.4 Å². The Bertz CT molecular complexity index is 1350. The largest absolute Gasteiger partial charge is 0.497 e. The Labute approximate surface area is 210 Å². The van der Waals surface area contributed by atoms with Crippen molar-refractivity contribution in [3.05, 3.63) is 81.9 Å². The van der Waals surface area contributed by atoms with Gasteiger partial charge in [-0.3, -0.25) is 9.69 Å². The van der Waals surface area contributed by atoms with Gasteiger partial charge in [-0.25, -0.2) is 4.68 Å². The predicted octanol–water partition coefficient (Wildman–Crippen LogP) is 3.86. The zero-order valence-corrected chi connectivity index (χ0v) is 20.8. The minimum atomic E-state index is -0.109. The molecule has 4 aromatic rings. The maximum Gasteiger partial charge on any atom is 0.252 e. The number of fused-ring (bicyclic) bond motifs is 1. The Morgan fingerprint density at radius 2 is 2.06 bits per heavy atom. The third-order valence-electron chi connectivity index (χ3n) is 6.82. The lowest BCUT2D eigenvalue weighted by molar-refractivity contribution is 0.0888. The van der Waals surface area contributed by atoms with E-state index in [0.717, 1.165) is 48.2 Å². The summed E-state index contributed by atoms with van der Waals surface area (Å²) in [5.74, 6) is 1.51. The molecular weight excluding hydrogens is 456 g/mol. The number of benzene rings is 2. The minimum Gasteiger partial charge on any atom is -0.497 e. The van der Waals surface area contributed by atoms with E-state index in [-0.39, 0.29) is 17.7 Å². The van der Waals surface area contributed by atoms with Crippen LogP contribution in [0.1, 0.15) is 49.2 Å². The van der Waals surface area contributed by atoms with Gasteiger partial charge in [0.1, 0.15) is 5.75 Å². The Morgan fingerprint density at radius 1 is 1.19 bits per heavy atom. The molecule has 3 heterocycles. The summed E-state index contributed by atoms with van der Waals surface area (Å²) in [6.45, 7) is 4.67. The zero-order valence-electron chi connectivity index (χ0n) is 20.8. The number of hydrogen-bond donors (Lipinski definition) is 1. The van der Waals surface area contributed by atoms with Gasteiger partial charge < -0.3 is 14.5 Å². The number of aromatic amines is 1. The molecule has 0 radical (unpaired) electrons. The molecule has 9 heteroatoms. The molecule has 1 aliphatic heterocycles. The highest BCUT2D eigenvalue weighted by Crippen LogP contribution is 2.27. The standard InChI is InChI=1S/C27H32N6O3/c1-3-25(26-29-30-31-33(26)18-23-10-7-13-36-23)32(16-19-8-5-4-6-9-19)17-21-14-20-11-12-22(35-2)15-24(20)28-27(21)34/h4-6,8-9,11-12,14-15,23,25H,3,7,10,13,16-18H2,1-2H3,(H,28,34)/t23-,25+/m1/s1. The fourth-order valence-electron chi connectivity index (χ4n) is 4.95. The van der Waals surface area contributed by atoms with E-state index in [1.165, 1.54) is 0 Å². The molecule has 2 aromatic carbocycles. The topological polar surface area (TPSA) is 98.2 Å². The van der Waals surface area contributed by atoms with E-state index in [2.05, 4.69) is 44.5 Å². The highest BCUT2D eigenvalue weighted by molar-refractivity contribution is 5.80. The molecule has 0 saturated carbocycles. The summed E-state index contributed by atoms with van der Waals surface area (Å²) < 4.78 is 13.0. The molecule has 0 unspecified atom stereocenters. The van der Waals surface area contributed by atoms with Gasteiger partial charge in [0.05, 0.1) is 31.3 Å². The monoisotopic (exact) mass is 488 g/mol. The van der Waals surface area contributed by atoms with Crippen LogP contribution < -0.4 is 10.3 Å². The number of nitrogens with one attached hydrogen (secondary N) is 1. The molecule has 1 N–H and O–H groups in total. The van der Waals surface area contributed by atoms with Gasteiger partial charge in [0.2, 0.25) is 0 Å². The first-order valence-corrected chi connectivity index (χ1v) is 12.5. The van der Waals surface area contributed by atoms with E-state index < -0.39 is 0 Å². The quantitative estimate of drug-likeness (QED) is 0.362. The second-order valence-electron chi connectivity index (χ2n) is 9.25. The van der Waals surface area contributed by atoms with Gasteiger partial charge >= 0.3 is 0 Å². The van der Waals surface area contributed by atoms with E-state index in [1.807, 2.05) is 47.1 Å². The first-order valence-electron chi connectivity index (χ1n) is 12.5. The van der Waals surface area contributed by atoms with Gasteiger partial charge in [0, 0.05) is 31.3 Å². The van der Waals surface area contributed by atoms with Crippen LogP contribution >= 0.6 is 0 Å². The van der Waals surface area contributed by atoms with Crippen molar-refractivity contribution in [1.82, 2.24) is 30.1 Å². The van der Waals surface area contributed by atoms with Crippen LogP contribution in [-0.2, 0) is 24.4 Å². The molecule has 5 rings (SSSR count). The summed E-state index contributed by atoms with van der Waals surface area (Å²) in [7, 11) is 1.62.